The molecule has 4 aliphatic rings. The lowest BCUT2D eigenvalue weighted by Crippen LogP contribution is -2.42. The monoisotopic (exact) mass is 366 g/mol. The third kappa shape index (κ3) is 1.83. The number of hydrogen-bond acceptors (Lipinski definition) is 6. The van der Waals surface area contributed by atoms with Crippen molar-refractivity contribution in [2.24, 2.45) is 11.8 Å². The number of hydrogen-bond donors (Lipinski definition) is 2. The topological polar surface area (TPSA) is 104 Å². The first-order chi connectivity index (χ1) is 12.8. The van der Waals surface area contributed by atoms with E-state index in [0.717, 1.165) is 11.1 Å². The lowest BCUT2D eigenvalue weighted by Gasteiger charge is -2.36. The first-order valence-electron chi connectivity index (χ1n) is 9.05. The van der Waals surface area contributed by atoms with Crippen molar-refractivity contribution >= 4 is 17.3 Å². The first-order valence-corrected chi connectivity index (χ1v) is 9.05. The predicted octanol–water partition coefficient (Wildman–Crippen LogP) is 2.47. The van der Waals surface area contributed by atoms with Crippen LogP contribution < -0.4 is 0 Å². The van der Waals surface area contributed by atoms with Crippen molar-refractivity contribution in [1.82, 2.24) is 0 Å². The van der Waals surface area contributed by atoms with Gasteiger partial charge < -0.3 is 14.9 Å². The maximum absolute atomic E-state index is 13.2. The van der Waals surface area contributed by atoms with Crippen LogP contribution in [0.3, 0.4) is 0 Å². The summed E-state index contributed by atoms with van der Waals surface area (Å²) in [5.74, 6) is -1.63. The van der Waals surface area contributed by atoms with Gasteiger partial charge in [-0.15, -0.1) is 0 Å². The number of benzene rings is 1. The van der Waals surface area contributed by atoms with Crippen LogP contribution in [0.25, 0.3) is 0 Å². The number of phenols is 1. The van der Waals surface area contributed by atoms with Crippen LogP contribution in [-0.4, -0.2) is 33.2 Å². The minimum Gasteiger partial charge on any atom is -0.507 e. The van der Waals surface area contributed by atoms with Crippen LogP contribution in [0.4, 0.5) is 0 Å². The van der Waals surface area contributed by atoms with E-state index in [0.29, 0.717) is 29.7 Å². The SMILES string of the molecule is CC(=O)C1=C(O)[C@@]23OC2=C2C(=O)c4c(O)ccc(C)c4CC2C[C@H]3CC1=O. The van der Waals surface area contributed by atoms with E-state index in [1.165, 1.54) is 13.0 Å². The minimum atomic E-state index is -1.21. The van der Waals surface area contributed by atoms with Crippen molar-refractivity contribution in [2.75, 3.05) is 0 Å². The molecule has 2 N–H and O–H groups in total. The predicted molar refractivity (Wildman–Crippen MR) is 93.3 cm³/mol. The number of ether oxygens (including phenoxy) is 1. The molecule has 1 saturated heterocycles. The Morgan fingerprint density at radius 2 is 1.96 bits per heavy atom. The summed E-state index contributed by atoms with van der Waals surface area (Å²) in [6.45, 7) is 3.15. The van der Waals surface area contributed by atoms with Gasteiger partial charge in [0.25, 0.3) is 0 Å². The number of aliphatic hydroxyl groups excluding tert-OH is 1. The molecule has 0 bridgehead atoms. The van der Waals surface area contributed by atoms with E-state index in [1.54, 1.807) is 6.07 Å². The zero-order valence-corrected chi connectivity index (χ0v) is 15.0. The average Bonchev–Trinajstić information content (AvgIpc) is 3.33. The van der Waals surface area contributed by atoms with Gasteiger partial charge in [-0.3, -0.25) is 14.4 Å². The maximum atomic E-state index is 13.2. The van der Waals surface area contributed by atoms with Crippen molar-refractivity contribution in [3.05, 3.63) is 51.5 Å². The van der Waals surface area contributed by atoms with E-state index >= 15 is 0 Å². The number of carbonyl (C=O) groups is 3. The van der Waals surface area contributed by atoms with Crippen molar-refractivity contribution in [2.45, 2.75) is 38.7 Å². The molecule has 1 aromatic rings. The quantitative estimate of drug-likeness (QED) is 0.584. The highest BCUT2D eigenvalue weighted by Gasteiger charge is 2.70. The number of Topliss-reactive ketones (excluding diaryl/α,β-unsaturated/α-hetero) is 3. The van der Waals surface area contributed by atoms with Crippen LogP contribution >= 0.6 is 0 Å². The highest BCUT2D eigenvalue weighted by molar-refractivity contribution is 6.21. The van der Waals surface area contributed by atoms with Crippen LogP contribution in [0, 0.1) is 18.8 Å². The molecule has 3 aliphatic carbocycles. The van der Waals surface area contributed by atoms with Crippen LogP contribution in [-0.2, 0) is 20.7 Å². The second-order valence-electron chi connectivity index (χ2n) is 7.91. The Labute approximate surface area is 155 Å². The number of allylic oxidation sites excluding steroid dienone is 2. The molecule has 6 nitrogen and oxygen atoms in total. The number of aromatic hydroxyl groups is 1. The molecular weight excluding hydrogens is 348 g/mol. The van der Waals surface area contributed by atoms with Gasteiger partial charge in [0, 0.05) is 17.9 Å². The van der Waals surface area contributed by atoms with Crippen molar-refractivity contribution in [3.8, 4) is 5.75 Å². The van der Waals surface area contributed by atoms with Gasteiger partial charge in [-0.05, 0) is 49.8 Å². The molecule has 0 aromatic heterocycles. The molecular formula is C21H18O6. The first kappa shape index (κ1) is 16.3. The number of aryl methyl sites for hydroxylation is 1. The molecule has 1 aromatic carbocycles. The molecule has 1 unspecified atom stereocenters. The molecule has 0 radical (unpaired) electrons. The Balaban J connectivity index is 1.71. The van der Waals surface area contributed by atoms with E-state index in [9.17, 15) is 24.6 Å². The summed E-state index contributed by atoms with van der Waals surface area (Å²) in [7, 11) is 0. The molecule has 138 valence electrons. The zero-order valence-electron chi connectivity index (χ0n) is 15.0. The van der Waals surface area contributed by atoms with E-state index in [2.05, 4.69) is 0 Å². The molecule has 0 amide bonds. The Morgan fingerprint density at radius 3 is 2.67 bits per heavy atom. The van der Waals surface area contributed by atoms with Gasteiger partial charge in [0.1, 0.15) is 11.3 Å². The number of rotatable bonds is 1. The van der Waals surface area contributed by atoms with Gasteiger partial charge in [0.15, 0.2) is 28.9 Å². The molecule has 1 spiro atoms. The van der Waals surface area contributed by atoms with Gasteiger partial charge in [-0.25, -0.2) is 0 Å². The summed E-state index contributed by atoms with van der Waals surface area (Å²) in [6, 6.07) is 3.30. The number of epoxide rings is 1. The van der Waals surface area contributed by atoms with Crippen LogP contribution in [0.5, 0.6) is 5.75 Å². The fraction of sp³-hybridized carbons (Fsp3) is 0.381. The van der Waals surface area contributed by atoms with Crippen molar-refractivity contribution in [1.29, 1.82) is 0 Å². The summed E-state index contributed by atoms with van der Waals surface area (Å²) in [5.41, 5.74) is 1.09. The van der Waals surface area contributed by atoms with Gasteiger partial charge in [-0.2, -0.15) is 0 Å². The van der Waals surface area contributed by atoms with E-state index in [4.69, 9.17) is 4.74 Å². The van der Waals surface area contributed by atoms with E-state index in [1.807, 2.05) is 6.92 Å². The summed E-state index contributed by atoms with van der Waals surface area (Å²) in [4.78, 5) is 37.4. The van der Waals surface area contributed by atoms with E-state index < -0.39 is 11.4 Å². The molecule has 0 saturated carbocycles. The Morgan fingerprint density at radius 1 is 1.22 bits per heavy atom. The smallest absolute Gasteiger partial charge is 0.226 e. The lowest BCUT2D eigenvalue weighted by molar-refractivity contribution is -0.123. The highest BCUT2D eigenvalue weighted by Crippen LogP contribution is 2.64. The number of aliphatic hydroxyl groups is 1. The zero-order chi connectivity index (χ0) is 19.2. The second-order valence-corrected chi connectivity index (χ2v) is 7.91. The number of ketones is 3. The summed E-state index contributed by atoms with van der Waals surface area (Å²) < 4.78 is 5.80. The Bertz CT molecular complexity index is 1040. The van der Waals surface area contributed by atoms with E-state index in [-0.39, 0.29) is 46.9 Å². The van der Waals surface area contributed by atoms with Crippen LogP contribution in [0.1, 0.15) is 41.3 Å². The molecule has 1 heterocycles. The fourth-order valence-electron chi connectivity index (χ4n) is 5.17. The van der Waals surface area contributed by atoms with Gasteiger partial charge in [0.05, 0.1) is 5.56 Å². The third-order valence-electron chi connectivity index (χ3n) is 6.45. The summed E-state index contributed by atoms with van der Waals surface area (Å²) >= 11 is 0. The third-order valence-corrected chi connectivity index (χ3v) is 6.45. The van der Waals surface area contributed by atoms with Crippen LogP contribution in [0.2, 0.25) is 0 Å². The normalized spacial score (nSPS) is 30.9. The summed E-state index contributed by atoms with van der Waals surface area (Å²) in [5, 5.41) is 20.9. The molecule has 6 heteroatoms. The standard InChI is InChI=1S/C21H18O6/c1-8-3-4-13(23)17-12(8)6-10-5-11-7-14(24)15(9(2)22)19(26)21(11)20(27-21)16(10)18(17)25/h3-4,10-11,23,26H,5-7H2,1-2H3/t10?,11-,21+/m0/s1. The van der Waals surface area contributed by atoms with Gasteiger partial charge >= 0.3 is 0 Å². The lowest BCUT2D eigenvalue weighted by atomic mass is 9.63. The van der Waals surface area contributed by atoms with Gasteiger partial charge in [-0.1, -0.05) is 6.07 Å². The average molecular weight is 366 g/mol. The molecule has 5 rings (SSSR count). The molecule has 1 aliphatic heterocycles. The number of carbonyl (C=O) groups excluding carboxylic acids is 3. The number of fused-ring (bicyclic) bond motifs is 2. The molecule has 1 fully saturated rings. The van der Waals surface area contributed by atoms with Gasteiger partial charge in [0.2, 0.25) is 5.60 Å². The Kier molecular flexibility index (Phi) is 2.95. The molecule has 3 atom stereocenters. The van der Waals surface area contributed by atoms with Crippen LogP contribution in [0.15, 0.2) is 34.8 Å². The van der Waals surface area contributed by atoms with Crippen molar-refractivity contribution < 1.29 is 29.3 Å². The fourth-order valence-corrected chi connectivity index (χ4v) is 5.17. The Hall–Kier alpha value is -2.89. The van der Waals surface area contributed by atoms with Crippen molar-refractivity contribution in [3.63, 3.8) is 0 Å². The highest BCUT2D eigenvalue weighted by atomic mass is 16.6. The maximum Gasteiger partial charge on any atom is 0.226 e. The second kappa shape index (κ2) is 4.88. The number of phenolic OH excluding ortho intramolecular Hbond substituents is 1. The minimum absolute atomic E-state index is 0.0630. The largest absolute Gasteiger partial charge is 0.507 e. The summed E-state index contributed by atoms with van der Waals surface area (Å²) in [6.07, 6.45) is 1.21. The molecule has 27 heavy (non-hydrogen) atoms.